The summed E-state index contributed by atoms with van der Waals surface area (Å²) in [4.78, 5) is 45.5. The number of amides is 2. The topological polar surface area (TPSA) is 130 Å². The zero-order chi connectivity index (χ0) is 25.8. The quantitative estimate of drug-likeness (QED) is 0.389. The second-order valence-corrected chi connectivity index (χ2v) is 9.86. The molecule has 0 radical (unpaired) electrons. The lowest BCUT2D eigenvalue weighted by atomic mass is 10.0. The molecule has 12 heteroatoms. The Bertz CT molecular complexity index is 1160. The van der Waals surface area contributed by atoms with Crippen LogP contribution in [0.4, 0.5) is 17.1 Å². The van der Waals surface area contributed by atoms with Crippen molar-refractivity contribution in [1.82, 2.24) is 14.8 Å². The molecule has 1 aromatic carbocycles. The van der Waals surface area contributed by atoms with Crippen LogP contribution in [-0.2, 0) is 4.74 Å². The predicted molar refractivity (Wildman–Crippen MR) is 138 cm³/mol. The average Bonchev–Trinajstić information content (AvgIpc) is 3.38. The summed E-state index contributed by atoms with van der Waals surface area (Å²) >= 11 is 3.32. The van der Waals surface area contributed by atoms with Crippen LogP contribution in [0, 0.1) is 10.1 Å². The number of nitrogens with zero attached hydrogens (tertiary/aromatic N) is 4. The molecule has 2 amide bonds. The van der Waals surface area contributed by atoms with Crippen LogP contribution in [0.2, 0.25) is 0 Å². The Balaban J connectivity index is 1.58. The van der Waals surface area contributed by atoms with Crippen molar-refractivity contribution in [3.8, 4) is 0 Å². The first-order chi connectivity index (χ1) is 17.3. The first kappa shape index (κ1) is 25.8. The maximum atomic E-state index is 13.4. The van der Waals surface area contributed by atoms with Gasteiger partial charge in [0.2, 0.25) is 0 Å². The Labute approximate surface area is 217 Å². The fourth-order valence-corrected chi connectivity index (χ4v) is 5.14. The number of hydrogen-bond acceptors (Lipinski definition) is 8. The van der Waals surface area contributed by atoms with E-state index in [2.05, 4.69) is 31.5 Å². The summed E-state index contributed by atoms with van der Waals surface area (Å²) in [5.74, 6) is -0.449. The molecular formula is C24H29BrN6O5. The summed E-state index contributed by atoms with van der Waals surface area (Å²) in [5.41, 5.74) is 1.41. The highest BCUT2D eigenvalue weighted by Gasteiger charge is 2.33. The minimum Gasteiger partial charge on any atom is -0.387 e. The zero-order valence-corrected chi connectivity index (χ0v) is 21.8. The van der Waals surface area contributed by atoms with Gasteiger partial charge in [0.05, 0.1) is 27.8 Å². The van der Waals surface area contributed by atoms with Gasteiger partial charge in [0.1, 0.15) is 5.69 Å². The lowest BCUT2D eigenvalue weighted by Gasteiger charge is -2.34. The number of ether oxygens (including phenoxy) is 1. The molecule has 36 heavy (non-hydrogen) atoms. The highest BCUT2D eigenvalue weighted by atomic mass is 79.9. The highest BCUT2D eigenvalue weighted by molar-refractivity contribution is 9.10. The van der Waals surface area contributed by atoms with Gasteiger partial charge in [0, 0.05) is 69.3 Å². The van der Waals surface area contributed by atoms with E-state index in [-0.39, 0.29) is 40.9 Å². The monoisotopic (exact) mass is 560 g/mol. The number of halogens is 1. The molecule has 11 nitrogen and oxygen atoms in total. The number of anilines is 2. The number of pyridine rings is 1. The van der Waals surface area contributed by atoms with Crippen LogP contribution in [0.15, 0.2) is 35.1 Å². The fourth-order valence-electron chi connectivity index (χ4n) is 4.69. The molecule has 2 aliphatic rings. The predicted octanol–water partition coefficient (Wildman–Crippen LogP) is 3.37. The first-order valence-corrected chi connectivity index (χ1v) is 12.6. The molecule has 0 bridgehead atoms. The molecule has 2 saturated heterocycles. The van der Waals surface area contributed by atoms with Crippen LogP contribution in [0.1, 0.15) is 40.0 Å². The molecule has 3 heterocycles. The molecule has 2 fully saturated rings. The summed E-state index contributed by atoms with van der Waals surface area (Å²) in [6.45, 7) is 1.86. The summed E-state index contributed by atoms with van der Waals surface area (Å²) < 4.78 is 5.82. The van der Waals surface area contributed by atoms with E-state index in [9.17, 15) is 19.7 Å². The van der Waals surface area contributed by atoms with Crippen LogP contribution in [0.3, 0.4) is 0 Å². The number of aromatic nitrogens is 1. The second kappa shape index (κ2) is 11.2. The van der Waals surface area contributed by atoms with Gasteiger partial charge in [-0.25, -0.2) is 0 Å². The number of rotatable bonds is 7. The van der Waals surface area contributed by atoms with Crippen LogP contribution >= 0.6 is 15.9 Å². The molecule has 0 unspecified atom stereocenters. The van der Waals surface area contributed by atoms with Gasteiger partial charge in [0.15, 0.2) is 0 Å². The molecule has 2 aromatic rings. The van der Waals surface area contributed by atoms with Crippen molar-refractivity contribution in [2.24, 2.45) is 0 Å². The van der Waals surface area contributed by atoms with Crippen LogP contribution in [0.25, 0.3) is 0 Å². The molecule has 2 N–H and O–H groups in total. The Morgan fingerprint density at radius 3 is 2.61 bits per heavy atom. The van der Waals surface area contributed by atoms with E-state index in [0.29, 0.717) is 49.1 Å². The maximum Gasteiger partial charge on any atom is 0.294 e. The van der Waals surface area contributed by atoms with Crippen molar-refractivity contribution >= 4 is 44.8 Å². The van der Waals surface area contributed by atoms with E-state index in [1.165, 1.54) is 12.3 Å². The van der Waals surface area contributed by atoms with Gasteiger partial charge >= 0.3 is 0 Å². The standard InChI is InChI=1S/C24H29BrN6O5/c1-26-18-8-15(11-27-12-18)23(32)29-6-3-4-17(13-29)28-22-20(9-16(25)10-21(22)31(34)35)24(33)30-7-5-19(14-30)36-2/h8-12,17,19,26,28H,3-7,13-14H2,1-2H3/t17-,19+/m1/s1. The normalized spacial score (nSPS) is 19.8. The van der Waals surface area contributed by atoms with E-state index >= 15 is 0 Å². The van der Waals surface area contributed by atoms with Crippen molar-refractivity contribution in [2.45, 2.75) is 31.4 Å². The number of carbonyl (C=O) groups excluding carboxylic acids is 2. The van der Waals surface area contributed by atoms with Crippen molar-refractivity contribution in [2.75, 3.05) is 51.0 Å². The molecule has 1 aromatic heterocycles. The van der Waals surface area contributed by atoms with E-state index in [1.54, 1.807) is 42.3 Å². The molecule has 2 aliphatic heterocycles. The molecular weight excluding hydrogens is 532 g/mol. The lowest BCUT2D eigenvalue weighted by molar-refractivity contribution is -0.384. The van der Waals surface area contributed by atoms with Crippen LogP contribution in [0.5, 0.6) is 0 Å². The summed E-state index contributed by atoms with van der Waals surface area (Å²) in [7, 11) is 3.37. The number of nitrogens with one attached hydrogen (secondary N) is 2. The Morgan fingerprint density at radius 1 is 1.14 bits per heavy atom. The van der Waals surface area contributed by atoms with E-state index in [1.807, 2.05) is 0 Å². The highest BCUT2D eigenvalue weighted by Crippen LogP contribution is 2.35. The van der Waals surface area contributed by atoms with Crippen LogP contribution < -0.4 is 10.6 Å². The third-order valence-corrected chi connectivity index (χ3v) is 7.06. The minimum atomic E-state index is -0.494. The molecule has 4 rings (SSSR count). The molecule has 0 aliphatic carbocycles. The molecule has 192 valence electrons. The van der Waals surface area contributed by atoms with Gasteiger partial charge < -0.3 is 25.2 Å². The smallest absolute Gasteiger partial charge is 0.294 e. The number of benzene rings is 1. The Hall–Kier alpha value is -3.25. The molecule has 2 atom stereocenters. The van der Waals surface area contributed by atoms with Gasteiger partial charge in [0.25, 0.3) is 17.5 Å². The third kappa shape index (κ3) is 5.59. The average molecular weight is 561 g/mol. The van der Waals surface area contributed by atoms with Crippen molar-refractivity contribution in [3.63, 3.8) is 0 Å². The number of nitro groups is 1. The Kier molecular flexibility index (Phi) is 8.04. The zero-order valence-electron chi connectivity index (χ0n) is 20.2. The molecule has 0 spiro atoms. The van der Waals surface area contributed by atoms with E-state index in [4.69, 9.17) is 4.74 Å². The number of piperidine rings is 1. The van der Waals surface area contributed by atoms with Crippen LogP contribution in [-0.4, -0.2) is 84.0 Å². The third-order valence-electron chi connectivity index (χ3n) is 6.61. The summed E-state index contributed by atoms with van der Waals surface area (Å²) in [6.07, 6.45) is 5.25. The number of likely N-dealkylation sites (tertiary alicyclic amines) is 2. The SMILES string of the molecule is CNc1cncc(C(=O)N2CCC[C@@H](Nc3c(C(=O)N4CC[C@H](OC)C4)cc(Br)cc3[N+](=O)[O-])C2)c1. The van der Waals surface area contributed by atoms with Gasteiger partial charge in [-0.1, -0.05) is 15.9 Å². The lowest BCUT2D eigenvalue weighted by Crippen LogP contribution is -2.45. The molecule has 0 saturated carbocycles. The van der Waals surface area contributed by atoms with Gasteiger partial charge in [-0.3, -0.25) is 24.7 Å². The van der Waals surface area contributed by atoms with E-state index in [0.717, 1.165) is 12.1 Å². The van der Waals surface area contributed by atoms with Crippen molar-refractivity contribution < 1.29 is 19.2 Å². The summed E-state index contributed by atoms with van der Waals surface area (Å²) in [5, 5.41) is 18.2. The van der Waals surface area contributed by atoms with Gasteiger partial charge in [-0.15, -0.1) is 0 Å². The van der Waals surface area contributed by atoms with Gasteiger partial charge in [-0.2, -0.15) is 0 Å². The summed E-state index contributed by atoms with van der Waals surface area (Å²) in [6, 6.07) is 4.48. The second-order valence-electron chi connectivity index (χ2n) is 8.95. The van der Waals surface area contributed by atoms with Gasteiger partial charge in [-0.05, 0) is 31.4 Å². The number of hydrogen-bond donors (Lipinski definition) is 2. The Morgan fingerprint density at radius 2 is 1.92 bits per heavy atom. The fraction of sp³-hybridized carbons (Fsp3) is 0.458. The first-order valence-electron chi connectivity index (χ1n) is 11.8. The minimum absolute atomic E-state index is 0.0543. The largest absolute Gasteiger partial charge is 0.387 e. The van der Waals surface area contributed by atoms with E-state index < -0.39 is 4.92 Å². The number of carbonyl (C=O) groups is 2. The van der Waals surface area contributed by atoms with Crippen molar-refractivity contribution in [1.29, 1.82) is 0 Å². The number of methoxy groups -OCH3 is 1. The van der Waals surface area contributed by atoms with Crippen molar-refractivity contribution in [3.05, 3.63) is 56.3 Å². The number of nitro benzene ring substituents is 1. The maximum absolute atomic E-state index is 13.4.